The maximum absolute atomic E-state index is 2.42. The average molecular weight is 557 g/mol. The Bertz CT molecular complexity index is 2530. The first kappa shape index (κ1) is 24.8. The second kappa shape index (κ2) is 9.93. The molecule has 0 unspecified atom stereocenters. The van der Waals surface area contributed by atoms with Crippen LogP contribution in [0.5, 0.6) is 0 Å². The highest BCUT2D eigenvalue weighted by Crippen LogP contribution is 2.43. The fourth-order valence-electron chi connectivity index (χ4n) is 7.13. The summed E-state index contributed by atoms with van der Waals surface area (Å²) >= 11 is 0. The third-order valence-corrected chi connectivity index (χ3v) is 9.20. The van der Waals surface area contributed by atoms with Crippen LogP contribution in [0.4, 0.5) is 0 Å². The van der Waals surface area contributed by atoms with Crippen molar-refractivity contribution in [2.24, 2.45) is 0 Å². The Balaban J connectivity index is 1.31. The van der Waals surface area contributed by atoms with Crippen LogP contribution in [0.3, 0.4) is 0 Å². The van der Waals surface area contributed by atoms with Gasteiger partial charge in [-0.3, -0.25) is 0 Å². The van der Waals surface area contributed by atoms with Gasteiger partial charge in [0.15, 0.2) is 0 Å². The fourth-order valence-corrected chi connectivity index (χ4v) is 7.13. The summed E-state index contributed by atoms with van der Waals surface area (Å²) in [6.45, 7) is 0. The van der Waals surface area contributed by atoms with Crippen molar-refractivity contribution in [1.82, 2.24) is 0 Å². The first-order valence-electron chi connectivity index (χ1n) is 15.3. The summed E-state index contributed by atoms with van der Waals surface area (Å²) in [4.78, 5) is 0. The quantitative estimate of drug-likeness (QED) is 0.190. The molecule has 9 aromatic carbocycles. The molecular formula is C44H28. The van der Waals surface area contributed by atoms with Crippen molar-refractivity contribution < 1.29 is 0 Å². The number of hydrogen-bond donors (Lipinski definition) is 0. The number of rotatable bonds is 3. The molecule has 0 aliphatic rings. The van der Waals surface area contributed by atoms with Crippen LogP contribution >= 0.6 is 0 Å². The molecule has 0 atom stereocenters. The Labute approximate surface area is 256 Å². The van der Waals surface area contributed by atoms with Crippen LogP contribution < -0.4 is 0 Å². The molecule has 0 aliphatic carbocycles. The summed E-state index contributed by atoms with van der Waals surface area (Å²) in [5.41, 5.74) is 7.54. The second-order valence-electron chi connectivity index (χ2n) is 11.7. The summed E-state index contributed by atoms with van der Waals surface area (Å²) < 4.78 is 0. The molecule has 44 heavy (non-hydrogen) atoms. The van der Waals surface area contributed by atoms with Crippen LogP contribution in [0.15, 0.2) is 170 Å². The summed E-state index contributed by atoms with van der Waals surface area (Å²) in [6, 6.07) is 62.3. The van der Waals surface area contributed by atoms with Gasteiger partial charge in [0.2, 0.25) is 0 Å². The van der Waals surface area contributed by atoms with Gasteiger partial charge in [-0.1, -0.05) is 146 Å². The number of benzene rings is 9. The average Bonchev–Trinajstić information content (AvgIpc) is 3.10. The van der Waals surface area contributed by atoms with E-state index in [2.05, 4.69) is 170 Å². The van der Waals surface area contributed by atoms with Crippen molar-refractivity contribution in [3.05, 3.63) is 170 Å². The molecule has 9 rings (SSSR count). The molecule has 0 saturated carbocycles. The van der Waals surface area contributed by atoms with Crippen LogP contribution in [0, 0.1) is 0 Å². The van der Waals surface area contributed by atoms with Crippen molar-refractivity contribution in [1.29, 1.82) is 0 Å². The van der Waals surface area contributed by atoms with Crippen LogP contribution in [0.1, 0.15) is 0 Å². The van der Waals surface area contributed by atoms with Crippen LogP contribution in [0.25, 0.3) is 87.2 Å². The van der Waals surface area contributed by atoms with Gasteiger partial charge in [-0.15, -0.1) is 0 Å². The zero-order chi connectivity index (χ0) is 29.0. The van der Waals surface area contributed by atoms with Gasteiger partial charge in [0.25, 0.3) is 0 Å². The van der Waals surface area contributed by atoms with E-state index < -0.39 is 0 Å². The van der Waals surface area contributed by atoms with E-state index in [1.165, 1.54) is 87.2 Å². The molecule has 0 aromatic heterocycles. The summed E-state index contributed by atoms with van der Waals surface area (Å²) in [5, 5.41) is 12.8. The van der Waals surface area contributed by atoms with Gasteiger partial charge >= 0.3 is 0 Å². The van der Waals surface area contributed by atoms with Crippen molar-refractivity contribution in [2.45, 2.75) is 0 Å². The minimum absolute atomic E-state index is 1.24. The highest BCUT2D eigenvalue weighted by Gasteiger charge is 2.16. The molecule has 0 saturated heterocycles. The van der Waals surface area contributed by atoms with E-state index in [1.54, 1.807) is 0 Å². The monoisotopic (exact) mass is 556 g/mol. The second-order valence-corrected chi connectivity index (χ2v) is 11.7. The molecule has 0 heteroatoms. The highest BCUT2D eigenvalue weighted by atomic mass is 14.2. The Morgan fingerprint density at radius 3 is 1.52 bits per heavy atom. The molecule has 9 aromatic rings. The van der Waals surface area contributed by atoms with E-state index >= 15 is 0 Å². The zero-order valence-corrected chi connectivity index (χ0v) is 24.2. The molecule has 0 nitrogen and oxygen atoms in total. The molecule has 0 aliphatic heterocycles. The van der Waals surface area contributed by atoms with Crippen molar-refractivity contribution >= 4 is 53.9 Å². The van der Waals surface area contributed by atoms with E-state index in [4.69, 9.17) is 0 Å². The Hall–Kier alpha value is -5.72. The molecule has 0 spiro atoms. The normalized spacial score (nSPS) is 11.6. The van der Waals surface area contributed by atoms with Gasteiger partial charge in [0.05, 0.1) is 0 Å². The third-order valence-electron chi connectivity index (χ3n) is 9.20. The number of fused-ring (bicyclic) bond motifs is 7. The lowest BCUT2D eigenvalue weighted by Gasteiger charge is -2.17. The van der Waals surface area contributed by atoms with Crippen molar-refractivity contribution in [3.63, 3.8) is 0 Å². The van der Waals surface area contributed by atoms with Gasteiger partial charge in [-0.2, -0.15) is 0 Å². The maximum Gasteiger partial charge on any atom is -0.00259 e. The molecule has 0 radical (unpaired) electrons. The van der Waals surface area contributed by atoms with Gasteiger partial charge in [-0.25, -0.2) is 0 Å². The third kappa shape index (κ3) is 3.92. The Kier molecular flexibility index (Phi) is 5.61. The molecular weight excluding hydrogens is 528 g/mol. The maximum atomic E-state index is 2.42. The topological polar surface area (TPSA) is 0 Å². The lowest BCUT2D eigenvalue weighted by molar-refractivity contribution is 1.64. The summed E-state index contributed by atoms with van der Waals surface area (Å²) in [5.74, 6) is 0. The van der Waals surface area contributed by atoms with Gasteiger partial charge in [-0.05, 0) is 112 Å². The van der Waals surface area contributed by atoms with E-state index in [-0.39, 0.29) is 0 Å². The number of hydrogen-bond acceptors (Lipinski definition) is 0. The smallest absolute Gasteiger partial charge is 0.00259 e. The molecule has 0 fully saturated rings. The molecule has 204 valence electrons. The summed E-state index contributed by atoms with van der Waals surface area (Å²) in [6.07, 6.45) is 0. The van der Waals surface area contributed by atoms with E-state index in [9.17, 15) is 0 Å². The van der Waals surface area contributed by atoms with Gasteiger partial charge in [0, 0.05) is 0 Å². The van der Waals surface area contributed by atoms with E-state index in [0.717, 1.165) is 0 Å². The van der Waals surface area contributed by atoms with Crippen LogP contribution in [-0.4, -0.2) is 0 Å². The minimum Gasteiger partial charge on any atom is -0.0622 e. The SMILES string of the molecule is c1ccc(-c2ccc3cc(-c4cc5cc(-c6cccc7ccccc67)c6ccccc6c5c5ccccc45)ccc3c2)cc1. The lowest BCUT2D eigenvalue weighted by Crippen LogP contribution is -1.90. The van der Waals surface area contributed by atoms with Gasteiger partial charge in [0.1, 0.15) is 0 Å². The first-order valence-corrected chi connectivity index (χ1v) is 15.3. The fraction of sp³-hybridized carbons (Fsp3) is 0. The molecule has 0 bridgehead atoms. The summed E-state index contributed by atoms with van der Waals surface area (Å²) in [7, 11) is 0. The predicted octanol–water partition coefficient (Wildman–Crippen LogP) is 12.5. The standard InChI is InChI=1S/C44H28/c1-2-11-29(12-3-1)31-21-22-33-26-34(24-23-32(33)25-31)42-27-35-28-43(37-20-10-14-30-13-4-5-15-36(30)37)39-17-7-9-19-41(39)44(35)40-18-8-6-16-38(40)42/h1-28H. The van der Waals surface area contributed by atoms with Crippen molar-refractivity contribution in [2.75, 3.05) is 0 Å². The Morgan fingerprint density at radius 1 is 0.227 bits per heavy atom. The van der Waals surface area contributed by atoms with Crippen molar-refractivity contribution in [3.8, 4) is 33.4 Å². The van der Waals surface area contributed by atoms with E-state index in [0.29, 0.717) is 0 Å². The molecule has 0 N–H and O–H groups in total. The van der Waals surface area contributed by atoms with Crippen LogP contribution in [-0.2, 0) is 0 Å². The minimum atomic E-state index is 1.24. The van der Waals surface area contributed by atoms with Crippen LogP contribution in [0.2, 0.25) is 0 Å². The lowest BCUT2D eigenvalue weighted by atomic mass is 9.86. The Morgan fingerprint density at radius 2 is 0.773 bits per heavy atom. The molecule has 0 amide bonds. The van der Waals surface area contributed by atoms with Gasteiger partial charge < -0.3 is 0 Å². The molecule has 0 heterocycles. The largest absolute Gasteiger partial charge is 0.0622 e. The zero-order valence-electron chi connectivity index (χ0n) is 24.2. The first-order chi connectivity index (χ1) is 21.8. The predicted molar refractivity (Wildman–Crippen MR) is 190 cm³/mol. The highest BCUT2D eigenvalue weighted by molar-refractivity contribution is 6.26. The van der Waals surface area contributed by atoms with E-state index in [1.807, 2.05) is 0 Å².